The van der Waals surface area contributed by atoms with Crippen LogP contribution < -0.4 is 5.73 Å². The lowest BCUT2D eigenvalue weighted by Gasteiger charge is -2.36. The third-order valence-electron chi connectivity index (χ3n) is 4.95. The molecule has 2 rings (SSSR count). The zero-order chi connectivity index (χ0) is 13.8. The van der Waals surface area contributed by atoms with Crippen LogP contribution in [0.3, 0.4) is 0 Å². The molecule has 1 heterocycles. The summed E-state index contributed by atoms with van der Waals surface area (Å²) in [5.74, 6) is 0.757. The Morgan fingerprint density at radius 1 is 1.16 bits per heavy atom. The number of amides is 1. The Morgan fingerprint density at radius 2 is 1.79 bits per heavy atom. The highest BCUT2D eigenvalue weighted by molar-refractivity contribution is 5.76. The van der Waals surface area contributed by atoms with Crippen molar-refractivity contribution in [2.45, 2.75) is 57.0 Å². The number of hydrogen-bond acceptors (Lipinski definition) is 3. The van der Waals surface area contributed by atoms with Crippen molar-refractivity contribution >= 4 is 5.91 Å². The number of nitrogens with two attached hydrogens (primary N) is 1. The van der Waals surface area contributed by atoms with Gasteiger partial charge in [-0.05, 0) is 45.7 Å². The molecule has 110 valence electrons. The molecule has 4 heteroatoms. The minimum absolute atomic E-state index is 0.247. The predicted molar refractivity (Wildman–Crippen MR) is 77.8 cm³/mol. The largest absolute Gasteiger partial charge is 0.343 e. The second kappa shape index (κ2) is 6.71. The van der Waals surface area contributed by atoms with Crippen molar-refractivity contribution in [2.24, 2.45) is 11.7 Å². The Morgan fingerprint density at radius 3 is 2.37 bits per heavy atom. The van der Waals surface area contributed by atoms with E-state index < -0.39 is 0 Å². The molecule has 2 atom stereocenters. The summed E-state index contributed by atoms with van der Waals surface area (Å²) in [4.78, 5) is 16.7. The summed E-state index contributed by atoms with van der Waals surface area (Å²) < 4.78 is 0. The van der Waals surface area contributed by atoms with Crippen molar-refractivity contribution in [3.63, 3.8) is 0 Å². The number of carbonyl (C=O) groups is 1. The second-order valence-corrected chi connectivity index (χ2v) is 6.49. The average molecular weight is 267 g/mol. The van der Waals surface area contributed by atoms with Gasteiger partial charge in [-0.15, -0.1) is 0 Å². The first-order valence-corrected chi connectivity index (χ1v) is 7.77. The molecule has 0 aromatic heterocycles. The molecule has 4 nitrogen and oxygen atoms in total. The molecule has 2 fully saturated rings. The topological polar surface area (TPSA) is 49.6 Å². The summed E-state index contributed by atoms with van der Waals surface area (Å²) in [5, 5.41) is 0. The van der Waals surface area contributed by atoms with Gasteiger partial charge in [0.1, 0.15) is 0 Å². The maximum Gasteiger partial charge on any atom is 0.222 e. The number of hydrogen-bond donors (Lipinski definition) is 1. The summed E-state index contributed by atoms with van der Waals surface area (Å²) in [6, 6.07) is 0.887. The van der Waals surface area contributed by atoms with Crippen LogP contribution in [-0.4, -0.2) is 55.0 Å². The summed E-state index contributed by atoms with van der Waals surface area (Å²) in [6.45, 7) is 1.84. The van der Waals surface area contributed by atoms with Gasteiger partial charge in [0.2, 0.25) is 5.91 Å². The summed E-state index contributed by atoms with van der Waals surface area (Å²) in [7, 11) is 4.26. The lowest BCUT2D eigenvalue weighted by molar-refractivity contribution is -0.134. The van der Waals surface area contributed by atoms with E-state index in [1.165, 1.54) is 12.8 Å². The van der Waals surface area contributed by atoms with Crippen molar-refractivity contribution in [3.8, 4) is 0 Å². The molecule has 0 bridgehead atoms. The van der Waals surface area contributed by atoms with Crippen LogP contribution in [0.1, 0.15) is 44.9 Å². The first-order valence-electron chi connectivity index (χ1n) is 7.77. The lowest BCUT2D eigenvalue weighted by Crippen LogP contribution is -2.46. The van der Waals surface area contributed by atoms with Crippen LogP contribution in [-0.2, 0) is 4.79 Å². The fourth-order valence-corrected chi connectivity index (χ4v) is 3.47. The quantitative estimate of drug-likeness (QED) is 0.842. The van der Waals surface area contributed by atoms with Gasteiger partial charge in [0.05, 0.1) is 0 Å². The minimum atomic E-state index is 0.247. The molecule has 1 saturated heterocycles. The Kier molecular flexibility index (Phi) is 5.22. The highest BCUT2D eigenvalue weighted by Crippen LogP contribution is 2.27. The third-order valence-corrected chi connectivity index (χ3v) is 4.95. The number of nitrogens with zero attached hydrogens (tertiary/aromatic N) is 2. The molecule has 0 radical (unpaired) electrons. The van der Waals surface area contributed by atoms with Crippen LogP contribution in [0, 0.1) is 5.92 Å². The lowest BCUT2D eigenvalue weighted by atomic mass is 9.82. The van der Waals surface area contributed by atoms with Crippen LogP contribution in [0.4, 0.5) is 0 Å². The predicted octanol–water partition coefficient (Wildman–Crippen LogP) is 1.45. The van der Waals surface area contributed by atoms with E-state index in [1.807, 2.05) is 0 Å². The van der Waals surface area contributed by atoms with Gasteiger partial charge in [-0.1, -0.05) is 12.8 Å². The van der Waals surface area contributed by atoms with E-state index in [4.69, 9.17) is 5.73 Å². The summed E-state index contributed by atoms with van der Waals surface area (Å²) in [6.07, 6.45) is 7.61. The molecule has 1 amide bonds. The normalized spacial score (nSPS) is 29.8. The van der Waals surface area contributed by atoms with Crippen molar-refractivity contribution in [3.05, 3.63) is 0 Å². The first-order chi connectivity index (χ1) is 9.08. The van der Waals surface area contributed by atoms with Crippen LogP contribution in [0.15, 0.2) is 0 Å². The first kappa shape index (κ1) is 14.8. The standard InChI is InChI=1S/C15H29N3O/c1-17(2)13-7-9-18(10-8-13)15(19)11-12-5-3-4-6-14(12)16/h12-14H,3-11,16H2,1-2H3. The van der Waals surface area contributed by atoms with E-state index in [9.17, 15) is 4.79 Å². The minimum Gasteiger partial charge on any atom is -0.343 e. The van der Waals surface area contributed by atoms with Gasteiger partial charge >= 0.3 is 0 Å². The van der Waals surface area contributed by atoms with Gasteiger partial charge in [-0.2, -0.15) is 0 Å². The Balaban J connectivity index is 1.78. The molecule has 0 aromatic rings. The van der Waals surface area contributed by atoms with E-state index in [0.29, 0.717) is 24.3 Å². The maximum atomic E-state index is 12.3. The monoisotopic (exact) mass is 267 g/mol. The van der Waals surface area contributed by atoms with E-state index >= 15 is 0 Å². The molecular weight excluding hydrogens is 238 g/mol. The molecule has 1 saturated carbocycles. The van der Waals surface area contributed by atoms with Gasteiger partial charge in [-0.25, -0.2) is 0 Å². The average Bonchev–Trinajstić information content (AvgIpc) is 2.41. The molecule has 1 aliphatic heterocycles. The molecular formula is C15H29N3O. The van der Waals surface area contributed by atoms with Gasteiger partial charge in [0.25, 0.3) is 0 Å². The van der Waals surface area contributed by atoms with Crippen molar-refractivity contribution in [2.75, 3.05) is 27.2 Å². The van der Waals surface area contributed by atoms with Crippen molar-refractivity contribution < 1.29 is 4.79 Å². The molecule has 2 unspecified atom stereocenters. The number of piperidine rings is 1. The van der Waals surface area contributed by atoms with E-state index in [1.54, 1.807) is 0 Å². The molecule has 2 N–H and O–H groups in total. The molecule has 1 aliphatic carbocycles. The molecule has 0 spiro atoms. The fourth-order valence-electron chi connectivity index (χ4n) is 3.47. The zero-order valence-electron chi connectivity index (χ0n) is 12.5. The Hall–Kier alpha value is -0.610. The maximum absolute atomic E-state index is 12.3. The third kappa shape index (κ3) is 3.93. The fraction of sp³-hybridized carbons (Fsp3) is 0.933. The van der Waals surface area contributed by atoms with Gasteiger partial charge in [0, 0.05) is 31.6 Å². The van der Waals surface area contributed by atoms with E-state index in [2.05, 4.69) is 23.9 Å². The highest BCUT2D eigenvalue weighted by Gasteiger charge is 2.28. The molecule has 2 aliphatic rings. The van der Waals surface area contributed by atoms with Crippen LogP contribution in [0.2, 0.25) is 0 Å². The second-order valence-electron chi connectivity index (χ2n) is 6.49. The number of rotatable bonds is 3. The molecule has 19 heavy (non-hydrogen) atoms. The summed E-state index contributed by atoms with van der Waals surface area (Å²) >= 11 is 0. The Bertz CT molecular complexity index is 298. The Labute approximate surface area is 117 Å². The zero-order valence-corrected chi connectivity index (χ0v) is 12.5. The van der Waals surface area contributed by atoms with Gasteiger partial charge in [-0.3, -0.25) is 4.79 Å². The van der Waals surface area contributed by atoms with E-state index in [-0.39, 0.29) is 6.04 Å². The summed E-state index contributed by atoms with van der Waals surface area (Å²) in [5.41, 5.74) is 6.14. The smallest absolute Gasteiger partial charge is 0.222 e. The SMILES string of the molecule is CN(C)C1CCN(C(=O)CC2CCCCC2N)CC1. The number of carbonyl (C=O) groups excluding carboxylic acids is 1. The van der Waals surface area contributed by atoms with E-state index in [0.717, 1.165) is 38.8 Å². The van der Waals surface area contributed by atoms with Crippen LogP contribution in [0.5, 0.6) is 0 Å². The van der Waals surface area contributed by atoms with Crippen molar-refractivity contribution in [1.29, 1.82) is 0 Å². The number of likely N-dealkylation sites (tertiary alicyclic amines) is 1. The molecule has 0 aromatic carbocycles. The van der Waals surface area contributed by atoms with Gasteiger partial charge < -0.3 is 15.5 Å². The van der Waals surface area contributed by atoms with Crippen LogP contribution in [0.25, 0.3) is 0 Å². The van der Waals surface area contributed by atoms with Crippen molar-refractivity contribution in [1.82, 2.24) is 9.80 Å². The van der Waals surface area contributed by atoms with Crippen LogP contribution >= 0.6 is 0 Å². The van der Waals surface area contributed by atoms with Gasteiger partial charge in [0.15, 0.2) is 0 Å². The highest BCUT2D eigenvalue weighted by atomic mass is 16.2.